The molecule has 1 aliphatic heterocycles. The van der Waals surface area contributed by atoms with Crippen LogP contribution in [0, 0.1) is 0 Å². The Bertz CT molecular complexity index is 587. The number of carbonyl (C=O) groups excluding carboxylic acids is 1. The summed E-state index contributed by atoms with van der Waals surface area (Å²) < 4.78 is 43.9. The summed E-state index contributed by atoms with van der Waals surface area (Å²) in [7, 11) is 0. The summed E-state index contributed by atoms with van der Waals surface area (Å²) >= 11 is 0.768. The highest BCUT2D eigenvalue weighted by Gasteiger charge is 2.62. The van der Waals surface area contributed by atoms with Gasteiger partial charge in [0.15, 0.2) is 5.69 Å². The highest BCUT2D eigenvalue weighted by molar-refractivity contribution is 7.14. The third-order valence-corrected chi connectivity index (χ3v) is 3.55. The van der Waals surface area contributed by atoms with Gasteiger partial charge in [-0.2, -0.15) is 23.3 Å². The molecule has 0 radical (unpaired) electrons. The van der Waals surface area contributed by atoms with Crippen LogP contribution in [0.1, 0.15) is 30.8 Å². The van der Waals surface area contributed by atoms with Crippen LogP contribution in [0.2, 0.25) is 0 Å². The smallest absolute Gasteiger partial charge is 0.438 e. The van der Waals surface area contributed by atoms with Crippen molar-refractivity contribution in [1.29, 1.82) is 0 Å². The van der Waals surface area contributed by atoms with Gasteiger partial charge in [-0.15, -0.1) is 11.3 Å². The van der Waals surface area contributed by atoms with Crippen LogP contribution < -0.4 is 5.01 Å². The zero-order valence-corrected chi connectivity index (χ0v) is 12.0. The molecular weight excluding hydrogens is 311 g/mol. The summed E-state index contributed by atoms with van der Waals surface area (Å²) in [6.45, 7) is 3.09. The highest BCUT2D eigenvalue weighted by Crippen LogP contribution is 2.43. The van der Waals surface area contributed by atoms with Crippen molar-refractivity contribution in [3.05, 3.63) is 11.1 Å². The summed E-state index contributed by atoms with van der Waals surface area (Å²) in [6.07, 6.45) is -5.59. The van der Waals surface area contributed by atoms with Gasteiger partial charge in [0.1, 0.15) is 0 Å². The predicted octanol–water partition coefficient (Wildman–Crippen LogP) is 2.16. The number of halogens is 3. The van der Waals surface area contributed by atoms with E-state index in [2.05, 4.69) is 10.1 Å². The lowest BCUT2D eigenvalue weighted by Gasteiger charge is -2.32. The lowest BCUT2D eigenvalue weighted by Crippen LogP contribution is -2.55. The van der Waals surface area contributed by atoms with Gasteiger partial charge >= 0.3 is 12.1 Å². The average Bonchev–Trinajstić information content (AvgIpc) is 2.93. The molecule has 10 heteroatoms. The number of nitrogens with zero attached hydrogens (tertiary/aromatic N) is 3. The minimum Gasteiger partial charge on any atom is -0.461 e. The second-order valence-corrected chi connectivity index (χ2v) is 5.21. The molecule has 0 saturated carbocycles. The van der Waals surface area contributed by atoms with E-state index in [0.29, 0.717) is 5.01 Å². The van der Waals surface area contributed by atoms with Gasteiger partial charge in [0.2, 0.25) is 5.13 Å². The molecule has 0 aliphatic carbocycles. The molecule has 0 saturated heterocycles. The van der Waals surface area contributed by atoms with Crippen molar-refractivity contribution in [2.45, 2.75) is 32.2 Å². The number of aromatic nitrogens is 1. The molecule has 0 bridgehead atoms. The highest BCUT2D eigenvalue weighted by atomic mass is 32.1. The fourth-order valence-corrected chi connectivity index (χ4v) is 2.61. The number of carbonyl (C=O) groups is 1. The fourth-order valence-electron chi connectivity index (χ4n) is 1.80. The molecule has 1 aromatic heterocycles. The second-order valence-electron chi connectivity index (χ2n) is 4.37. The molecule has 2 heterocycles. The first-order chi connectivity index (χ1) is 9.69. The molecule has 0 fully saturated rings. The topological polar surface area (TPSA) is 75.0 Å². The summed E-state index contributed by atoms with van der Waals surface area (Å²) in [5.74, 6) is -0.740. The van der Waals surface area contributed by atoms with Gasteiger partial charge in [0.25, 0.3) is 5.72 Å². The minimum absolute atomic E-state index is 0.114. The summed E-state index contributed by atoms with van der Waals surface area (Å²) in [6, 6.07) is 0. The van der Waals surface area contributed by atoms with Gasteiger partial charge in [0, 0.05) is 17.5 Å². The van der Waals surface area contributed by atoms with Crippen LogP contribution in [0.5, 0.6) is 0 Å². The number of aliphatic hydroxyl groups is 1. The van der Waals surface area contributed by atoms with Crippen LogP contribution in [0.4, 0.5) is 18.3 Å². The van der Waals surface area contributed by atoms with Gasteiger partial charge in [-0.25, -0.2) is 9.78 Å². The molecular formula is C11H12F3N3O3S. The summed E-state index contributed by atoms with van der Waals surface area (Å²) in [5, 5.41) is 15.0. The average molecular weight is 323 g/mol. The second kappa shape index (κ2) is 5.26. The number of thiazole rings is 1. The van der Waals surface area contributed by atoms with E-state index in [9.17, 15) is 23.1 Å². The van der Waals surface area contributed by atoms with Crippen LogP contribution in [-0.4, -0.2) is 40.3 Å². The van der Waals surface area contributed by atoms with Crippen molar-refractivity contribution in [3.8, 4) is 0 Å². The molecule has 1 N–H and O–H groups in total. The molecule has 0 unspecified atom stereocenters. The first-order valence-corrected chi connectivity index (χ1v) is 6.83. The molecule has 116 valence electrons. The van der Waals surface area contributed by atoms with E-state index in [1.165, 1.54) is 12.3 Å². The summed E-state index contributed by atoms with van der Waals surface area (Å²) in [4.78, 5) is 15.2. The van der Waals surface area contributed by atoms with Crippen molar-refractivity contribution in [2.75, 3.05) is 11.6 Å². The van der Waals surface area contributed by atoms with E-state index in [1.54, 1.807) is 6.92 Å². The van der Waals surface area contributed by atoms with E-state index in [0.717, 1.165) is 11.3 Å². The first kappa shape index (κ1) is 15.7. The zero-order valence-electron chi connectivity index (χ0n) is 11.1. The van der Waals surface area contributed by atoms with Crippen molar-refractivity contribution >= 4 is 28.1 Å². The van der Waals surface area contributed by atoms with Crippen LogP contribution in [-0.2, 0) is 4.74 Å². The monoisotopic (exact) mass is 323 g/mol. The number of anilines is 1. The Balaban J connectivity index is 2.34. The predicted molar refractivity (Wildman–Crippen MR) is 69.3 cm³/mol. The number of hydrogen-bond acceptors (Lipinski definition) is 7. The number of hydrazone groups is 1. The van der Waals surface area contributed by atoms with Crippen molar-refractivity contribution in [2.24, 2.45) is 5.10 Å². The molecule has 1 aliphatic rings. The largest absolute Gasteiger partial charge is 0.461 e. The van der Waals surface area contributed by atoms with Crippen LogP contribution in [0.15, 0.2) is 10.5 Å². The zero-order chi connectivity index (χ0) is 15.8. The van der Waals surface area contributed by atoms with E-state index in [-0.39, 0.29) is 23.1 Å². The maximum atomic E-state index is 13.1. The van der Waals surface area contributed by atoms with Crippen molar-refractivity contribution < 1.29 is 27.8 Å². The van der Waals surface area contributed by atoms with E-state index >= 15 is 0 Å². The van der Waals surface area contributed by atoms with Gasteiger partial charge in [-0.05, 0) is 13.8 Å². The molecule has 0 aromatic carbocycles. The lowest BCUT2D eigenvalue weighted by molar-refractivity contribution is -0.254. The Morgan fingerprint density at radius 1 is 1.62 bits per heavy atom. The molecule has 1 atom stereocenters. The lowest BCUT2D eigenvalue weighted by atomic mass is 10.1. The van der Waals surface area contributed by atoms with Gasteiger partial charge in [-0.3, -0.25) is 0 Å². The molecule has 2 rings (SSSR count). The van der Waals surface area contributed by atoms with Gasteiger partial charge in [-0.1, -0.05) is 0 Å². The number of esters is 1. The molecule has 6 nitrogen and oxygen atoms in total. The Hall–Kier alpha value is -1.68. The molecule has 1 aromatic rings. The number of hydrogen-bond donors (Lipinski definition) is 1. The molecule has 0 spiro atoms. The number of alkyl halides is 3. The van der Waals surface area contributed by atoms with E-state index in [4.69, 9.17) is 4.74 Å². The molecule has 21 heavy (non-hydrogen) atoms. The number of ether oxygens (including phenoxy) is 1. The van der Waals surface area contributed by atoms with Crippen LogP contribution in [0.3, 0.4) is 0 Å². The summed E-state index contributed by atoms with van der Waals surface area (Å²) in [5.41, 5.74) is -3.16. The van der Waals surface area contributed by atoms with Gasteiger partial charge in [0.05, 0.1) is 6.61 Å². The Labute approximate surface area is 121 Å². The third-order valence-electron chi connectivity index (χ3n) is 2.74. The van der Waals surface area contributed by atoms with Crippen LogP contribution in [0.25, 0.3) is 0 Å². The Morgan fingerprint density at radius 2 is 2.29 bits per heavy atom. The molecule has 0 amide bonds. The van der Waals surface area contributed by atoms with Gasteiger partial charge < -0.3 is 9.84 Å². The normalized spacial score (nSPS) is 22.4. The maximum Gasteiger partial charge on any atom is 0.438 e. The van der Waals surface area contributed by atoms with Crippen molar-refractivity contribution in [1.82, 2.24) is 4.98 Å². The fraction of sp³-hybridized carbons (Fsp3) is 0.545. The van der Waals surface area contributed by atoms with Crippen LogP contribution >= 0.6 is 11.3 Å². The minimum atomic E-state index is -4.91. The quantitative estimate of drug-likeness (QED) is 0.863. The van der Waals surface area contributed by atoms with E-state index in [1.807, 2.05) is 0 Å². The third kappa shape index (κ3) is 2.72. The van der Waals surface area contributed by atoms with Crippen molar-refractivity contribution in [3.63, 3.8) is 0 Å². The van der Waals surface area contributed by atoms with E-state index < -0.39 is 24.3 Å². The SMILES string of the molecule is CCOC(=O)c1csc(N2N=C(C)C[C@]2(O)C(F)(F)F)n1. The Morgan fingerprint density at radius 3 is 2.86 bits per heavy atom. The maximum absolute atomic E-state index is 13.1. The first-order valence-electron chi connectivity index (χ1n) is 5.95. The Kier molecular flexibility index (Phi) is 3.93. The number of rotatable bonds is 3. The standard InChI is InChI=1S/C11H12F3N3O3S/c1-3-20-8(18)7-5-21-9(15-7)17-10(19,11(12,13)14)4-6(2)16-17/h5,19H,3-4H2,1-2H3/t10-/m0/s1.